The molecule has 0 atom stereocenters. The Balaban J connectivity index is 1.67. The van der Waals surface area contributed by atoms with Crippen molar-refractivity contribution in [2.75, 3.05) is 6.54 Å². The van der Waals surface area contributed by atoms with Crippen LogP contribution in [0.2, 0.25) is 0 Å². The van der Waals surface area contributed by atoms with Crippen LogP contribution in [0.5, 0.6) is 0 Å². The molecule has 0 saturated heterocycles. The van der Waals surface area contributed by atoms with Gasteiger partial charge in [-0.3, -0.25) is 4.79 Å². The smallest absolute Gasteiger partial charge is 0.224 e. The molecule has 1 N–H and O–H groups in total. The molecule has 0 spiro atoms. The fourth-order valence-corrected chi connectivity index (χ4v) is 1.67. The number of nitrogens with one attached hydrogen (secondary N) is 1. The van der Waals surface area contributed by atoms with Crippen molar-refractivity contribution in [1.29, 1.82) is 0 Å². The first-order valence-corrected chi connectivity index (χ1v) is 5.65. The van der Waals surface area contributed by atoms with Crippen LogP contribution >= 0.6 is 0 Å². The second-order valence-electron chi connectivity index (χ2n) is 4.24. The van der Waals surface area contributed by atoms with Crippen LogP contribution in [0, 0.1) is 5.92 Å². The molecule has 1 fully saturated rings. The van der Waals surface area contributed by atoms with E-state index < -0.39 is 0 Å². The van der Waals surface area contributed by atoms with E-state index >= 15 is 0 Å². The highest BCUT2D eigenvalue weighted by Gasteiger charge is 2.20. The van der Waals surface area contributed by atoms with Crippen LogP contribution < -0.4 is 5.32 Å². The van der Waals surface area contributed by atoms with Crippen molar-refractivity contribution in [3.63, 3.8) is 0 Å². The molecule has 1 amide bonds. The van der Waals surface area contributed by atoms with E-state index in [0.29, 0.717) is 6.42 Å². The lowest BCUT2D eigenvalue weighted by molar-refractivity contribution is -0.120. The Hall–Kier alpha value is -1.31. The number of carbonyl (C=O) groups excluding carboxylic acids is 1. The quantitative estimate of drug-likeness (QED) is 0.780. The Morgan fingerprint density at radius 1 is 1.27 bits per heavy atom. The molecule has 1 aromatic carbocycles. The Kier molecular flexibility index (Phi) is 3.38. The summed E-state index contributed by atoms with van der Waals surface area (Å²) >= 11 is 0. The SMILES string of the molecule is O=C(Cc1ccccc1)NCCC1CC1. The third-order valence-electron chi connectivity index (χ3n) is 2.78. The summed E-state index contributed by atoms with van der Waals surface area (Å²) in [5.74, 6) is 1.03. The maximum atomic E-state index is 11.5. The third-order valence-corrected chi connectivity index (χ3v) is 2.78. The lowest BCUT2D eigenvalue weighted by Crippen LogP contribution is -2.26. The predicted octanol–water partition coefficient (Wildman–Crippen LogP) is 2.15. The molecule has 80 valence electrons. The Morgan fingerprint density at radius 3 is 2.67 bits per heavy atom. The van der Waals surface area contributed by atoms with Crippen LogP contribution in [0.15, 0.2) is 30.3 Å². The lowest BCUT2D eigenvalue weighted by Gasteiger charge is -2.04. The number of hydrogen-bond donors (Lipinski definition) is 1. The van der Waals surface area contributed by atoms with Crippen molar-refractivity contribution >= 4 is 5.91 Å². The van der Waals surface area contributed by atoms with Gasteiger partial charge in [0.1, 0.15) is 0 Å². The molecule has 2 nitrogen and oxygen atoms in total. The van der Waals surface area contributed by atoms with E-state index in [1.807, 2.05) is 30.3 Å². The highest BCUT2D eigenvalue weighted by atomic mass is 16.1. The standard InChI is InChI=1S/C13H17NO/c15-13(14-9-8-11-6-7-11)10-12-4-2-1-3-5-12/h1-5,11H,6-10H2,(H,14,15). The number of amides is 1. The molecule has 0 radical (unpaired) electrons. The molecule has 0 heterocycles. The molecule has 0 aromatic heterocycles. The first-order chi connectivity index (χ1) is 7.34. The zero-order chi connectivity index (χ0) is 10.5. The summed E-state index contributed by atoms with van der Waals surface area (Å²) in [6, 6.07) is 9.87. The summed E-state index contributed by atoms with van der Waals surface area (Å²) in [5, 5.41) is 2.96. The average molecular weight is 203 g/mol. The molecule has 0 unspecified atom stereocenters. The normalized spacial score (nSPS) is 14.9. The second kappa shape index (κ2) is 4.96. The minimum Gasteiger partial charge on any atom is -0.356 e. The first kappa shape index (κ1) is 10.2. The maximum absolute atomic E-state index is 11.5. The van der Waals surface area contributed by atoms with Crippen molar-refractivity contribution in [3.8, 4) is 0 Å². The van der Waals surface area contributed by atoms with Crippen molar-refractivity contribution in [2.45, 2.75) is 25.7 Å². The molecular weight excluding hydrogens is 186 g/mol. The van der Waals surface area contributed by atoms with Gasteiger partial charge >= 0.3 is 0 Å². The van der Waals surface area contributed by atoms with Gasteiger partial charge in [-0.15, -0.1) is 0 Å². The van der Waals surface area contributed by atoms with E-state index in [0.717, 1.165) is 24.4 Å². The molecule has 1 saturated carbocycles. The van der Waals surface area contributed by atoms with Crippen molar-refractivity contribution in [2.24, 2.45) is 5.92 Å². The third kappa shape index (κ3) is 3.74. The summed E-state index contributed by atoms with van der Waals surface area (Å²) in [6.07, 6.45) is 4.37. The molecule has 1 aliphatic carbocycles. The van der Waals surface area contributed by atoms with Crippen molar-refractivity contribution < 1.29 is 4.79 Å². The van der Waals surface area contributed by atoms with E-state index in [-0.39, 0.29) is 5.91 Å². The predicted molar refractivity (Wildman–Crippen MR) is 60.5 cm³/mol. The van der Waals surface area contributed by atoms with E-state index in [4.69, 9.17) is 0 Å². The summed E-state index contributed by atoms with van der Waals surface area (Å²) in [4.78, 5) is 11.5. The molecule has 1 aromatic rings. The summed E-state index contributed by atoms with van der Waals surface area (Å²) in [5.41, 5.74) is 1.08. The number of rotatable bonds is 5. The van der Waals surface area contributed by atoms with Gasteiger partial charge in [-0.1, -0.05) is 43.2 Å². The van der Waals surface area contributed by atoms with Crippen LogP contribution in [0.1, 0.15) is 24.8 Å². The maximum Gasteiger partial charge on any atom is 0.224 e. The highest BCUT2D eigenvalue weighted by molar-refractivity contribution is 5.78. The van der Waals surface area contributed by atoms with Gasteiger partial charge in [0, 0.05) is 6.54 Å². The average Bonchev–Trinajstić information content (AvgIpc) is 3.03. The summed E-state index contributed by atoms with van der Waals surface area (Å²) < 4.78 is 0. The van der Waals surface area contributed by atoms with Crippen LogP contribution in [0.25, 0.3) is 0 Å². The van der Waals surface area contributed by atoms with Gasteiger partial charge in [0.15, 0.2) is 0 Å². The zero-order valence-electron chi connectivity index (χ0n) is 8.91. The van der Waals surface area contributed by atoms with E-state index in [1.54, 1.807) is 0 Å². The molecular formula is C13H17NO. The van der Waals surface area contributed by atoms with E-state index in [2.05, 4.69) is 5.32 Å². The Labute approximate surface area is 90.7 Å². The fraction of sp³-hybridized carbons (Fsp3) is 0.462. The topological polar surface area (TPSA) is 29.1 Å². The minimum atomic E-state index is 0.141. The zero-order valence-corrected chi connectivity index (χ0v) is 8.91. The van der Waals surface area contributed by atoms with Crippen LogP contribution in [-0.4, -0.2) is 12.5 Å². The van der Waals surface area contributed by atoms with Gasteiger partial charge in [-0.05, 0) is 17.9 Å². The van der Waals surface area contributed by atoms with Gasteiger partial charge in [0.25, 0.3) is 0 Å². The Morgan fingerprint density at radius 2 is 2.00 bits per heavy atom. The molecule has 0 bridgehead atoms. The van der Waals surface area contributed by atoms with E-state index in [9.17, 15) is 4.79 Å². The van der Waals surface area contributed by atoms with Gasteiger partial charge < -0.3 is 5.32 Å². The van der Waals surface area contributed by atoms with Gasteiger partial charge in [0.05, 0.1) is 6.42 Å². The van der Waals surface area contributed by atoms with Crippen LogP contribution in [0.4, 0.5) is 0 Å². The highest BCUT2D eigenvalue weighted by Crippen LogP contribution is 2.31. The van der Waals surface area contributed by atoms with Crippen LogP contribution in [0.3, 0.4) is 0 Å². The largest absolute Gasteiger partial charge is 0.356 e. The van der Waals surface area contributed by atoms with Crippen molar-refractivity contribution in [1.82, 2.24) is 5.32 Å². The van der Waals surface area contributed by atoms with Gasteiger partial charge in [-0.25, -0.2) is 0 Å². The van der Waals surface area contributed by atoms with Gasteiger partial charge in [-0.2, -0.15) is 0 Å². The molecule has 1 aliphatic rings. The van der Waals surface area contributed by atoms with Gasteiger partial charge in [0.2, 0.25) is 5.91 Å². The lowest BCUT2D eigenvalue weighted by atomic mass is 10.1. The summed E-state index contributed by atoms with van der Waals surface area (Å²) in [7, 11) is 0. The van der Waals surface area contributed by atoms with E-state index in [1.165, 1.54) is 12.8 Å². The first-order valence-electron chi connectivity index (χ1n) is 5.65. The van der Waals surface area contributed by atoms with Crippen molar-refractivity contribution in [3.05, 3.63) is 35.9 Å². The summed E-state index contributed by atoms with van der Waals surface area (Å²) in [6.45, 7) is 0.844. The van der Waals surface area contributed by atoms with Crippen LogP contribution in [-0.2, 0) is 11.2 Å². The minimum absolute atomic E-state index is 0.141. The molecule has 0 aliphatic heterocycles. The Bertz CT molecular complexity index is 317. The number of carbonyl (C=O) groups is 1. The number of hydrogen-bond acceptors (Lipinski definition) is 1. The second-order valence-corrected chi connectivity index (χ2v) is 4.24. The molecule has 15 heavy (non-hydrogen) atoms. The fourth-order valence-electron chi connectivity index (χ4n) is 1.67. The molecule has 2 rings (SSSR count). The monoisotopic (exact) mass is 203 g/mol. The molecule has 2 heteroatoms. The number of benzene rings is 1.